The highest BCUT2D eigenvalue weighted by molar-refractivity contribution is 7.16. The number of amides is 1. The van der Waals surface area contributed by atoms with Crippen molar-refractivity contribution in [2.75, 3.05) is 19.8 Å². The minimum atomic E-state index is -0.744. The van der Waals surface area contributed by atoms with E-state index in [1.54, 1.807) is 23.6 Å². The summed E-state index contributed by atoms with van der Waals surface area (Å²) in [5, 5.41) is 11.3. The fourth-order valence-electron chi connectivity index (χ4n) is 3.30. The van der Waals surface area contributed by atoms with Gasteiger partial charge in [-0.15, -0.1) is 0 Å². The highest BCUT2D eigenvalue weighted by Crippen LogP contribution is 2.35. The van der Waals surface area contributed by atoms with Gasteiger partial charge in [0.15, 0.2) is 16.3 Å². The summed E-state index contributed by atoms with van der Waals surface area (Å²) in [7, 11) is 0. The predicted octanol–water partition coefficient (Wildman–Crippen LogP) is 3.08. The molecule has 0 N–H and O–H groups in total. The van der Waals surface area contributed by atoms with E-state index in [9.17, 15) is 19.7 Å². The highest BCUT2D eigenvalue weighted by atomic mass is 32.1. The van der Waals surface area contributed by atoms with E-state index in [4.69, 9.17) is 14.2 Å². The second-order valence-electron chi connectivity index (χ2n) is 6.75. The molecule has 0 spiro atoms. The Hall–Kier alpha value is -3.73. The number of nitrogens with zero attached hydrogens (tertiary/aromatic N) is 3. The molecule has 3 aromatic rings. The smallest absolute Gasteiger partial charge is 0.307 e. The van der Waals surface area contributed by atoms with Gasteiger partial charge in [0.25, 0.3) is 11.6 Å². The second kappa shape index (κ2) is 9.18. The number of hydrogen-bond donors (Lipinski definition) is 0. The monoisotopic (exact) mass is 457 g/mol. The SMILES string of the molecule is CCOC(=O)CCn1c(=NC(=O)c2ccccc2[N+](=O)[O-])sc2cc3c(cc21)OCCO3. The number of fused-ring (bicyclic) bond motifs is 2. The molecule has 4 rings (SSSR count). The molecule has 32 heavy (non-hydrogen) atoms. The maximum Gasteiger partial charge on any atom is 0.307 e. The number of thiazole rings is 1. The first-order valence-corrected chi connectivity index (χ1v) is 10.7. The number of hydrogen-bond acceptors (Lipinski definition) is 8. The van der Waals surface area contributed by atoms with Crippen molar-refractivity contribution in [1.82, 2.24) is 4.57 Å². The van der Waals surface area contributed by atoms with Crippen molar-refractivity contribution in [2.45, 2.75) is 19.9 Å². The van der Waals surface area contributed by atoms with Gasteiger partial charge >= 0.3 is 5.97 Å². The minimum absolute atomic E-state index is 0.0704. The van der Waals surface area contributed by atoms with Gasteiger partial charge in [0, 0.05) is 24.7 Å². The molecule has 0 saturated heterocycles. The Bertz CT molecular complexity index is 1280. The van der Waals surface area contributed by atoms with Crippen molar-refractivity contribution in [2.24, 2.45) is 4.99 Å². The number of esters is 1. The van der Waals surface area contributed by atoms with Crippen LogP contribution in [0, 0.1) is 10.1 Å². The molecule has 1 aliphatic rings. The summed E-state index contributed by atoms with van der Waals surface area (Å²) in [5.74, 6) is 0.0148. The van der Waals surface area contributed by atoms with E-state index in [1.165, 1.54) is 35.6 Å². The summed E-state index contributed by atoms with van der Waals surface area (Å²) in [4.78, 5) is 39.9. The molecule has 0 bridgehead atoms. The average molecular weight is 457 g/mol. The first-order chi connectivity index (χ1) is 15.5. The number of aromatic nitrogens is 1. The van der Waals surface area contributed by atoms with Gasteiger partial charge in [-0.2, -0.15) is 4.99 Å². The fraction of sp³-hybridized carbons (Fsp3) is 0.286. The maximum atomic E-state index is 12.8. The Balaban J connectivity index is 1.82. The quantitative estimate of drug-likeness (QED) is 0.317. The van der Waals surface area contributed by atoms with Gasteiger partial charge in [-0.1, -0.05) is 23.5 Å². The second-order valence-corrected chi connectivity index (χ2v) is 7.76. The first-order valence-electron chi connectivity index (χ1n) is 9.89. The van der Waals surface area contributed by atoms with Crippen LogP contribution < -0.4 is 14.3 Å². The Kier molecular flexibility index (Phi) is 6.17. The van der Waals surface area contributed by atoms with Crippen LogP contribution in [0.15, 0.2) is 41.4 Å². The molecule has 1 aromatic heterocycles. The molecular formula is C21H19N3O7S. The average Bonchev–Trinajstić information content (AvgIpc) is 3.11. The number of rotatable bonds is 6. The zero-order valence-corrected chi connectivity index (χ0v) is 17.9. The Morgan fingerprint density at radius 3 is 2.66 bits per heavy atom. The van der Waals surface area contributed by atoms with Crippen molar-refractivity contribution in [3.63, 3.8) is 0 Å². The first kappa shape index (κ1) is 21.5. The van der Waals surface area contributed by atoms with E-state index < -0.39 is 10.8 Å². The standard InChI is InChI=1S/C21H19N3O7S/c1-2-29-19(25)7-8-23-15-11-16-17(31-10-9-30-16)12-18(15)32-21(23)22-20(26)13-5-3-4-6-14(13)24(27)28/h3-6,11-12H,2,7-10H2,1H3. The number of aryl methyl sites for hydroxylation is 1. The van der Waals surface area contributed by atoms with Crippen LogP contribution in [0.5, 0.6) is 11.5 Å². The summed E-state index contributed by atoms with van der Waals surface area (Å²) < 4.78 is 18.8. The molecule has 11 heteroatoms. The highest BCUT2D eigenvalue weighted by Gasteiger charge is 2.21. The largest absolute Gasteiger partial charge is 0.486 e. The lowest BCUT2D eigenvalue weighted by molar-refractivity contribution is -0.385. The molecule has 0 unspecified atom stereocenters. The van der Waals surface area contributed by atoms with Crippen LogP contribution in [-0.4, -0.2) is 41.2 Å². The molecule has 0 radical (unpaired) electrons. The Morgan fingerprint density at radius 1 is 1.22 bits per heavy atom. The molecule has 0 saturated carbocycles. The lowest BCUT2D eigenvalue weighted by Crippen LogP contribution is -2.20. The van der Waals surface area contributed by atoms with Gasteiger partial charge in [-0.05, 0) is 13.0 Å². The van der Waals surface area contributed by atoms with E-state index in [2.05, 4.69) is 4.99 Å². The summed E-state index contributed by atoms with van der Waals surface area (Å²) in [5.41, 5.74) is 0.271. The van der Waals surface area contributed by atoms with Crippen molar-refractivity contribution >= 4 is 39.1 Å². The fourth-order valence-corrected chi connectivity index (χ4v) is 4.37. The third kappa shape index (κ3) is 4.33. The lowest BCUT2D eigenvalue weighted by atomic mass is 10.2. The molecule has 0 fully saturated rings. The molecule has 10 nitrogen and oxygen atoms in total. The number of carbonyl (C=O) groups is 2. The number of benzene rings is 2. The maximum absolute atomic E-state index is 12.8. The van der Waals surface area contributed by atoms with Crippen LogP contribution >= 0.6 is 11.3 Å². The van der Waals surface area contributed by atoms with Gasteiger partial charge in [0.2, 0.25) is 0 Å². The summed E-state index contributed by atoms with van der Waals surface area (Å²) >= 11 is 1.22. The summed E-state index contributed by atoms with van der Waals surface area (Å²) in [6.45, 7) is 3.04. The van der Waals surface area contributed by atoms with Gasteiger partial charge in [-0.3, -0.25) is 19.7 Å². The normalized spacial score (nSPS) is 13.2. The number of para-hydroxylation sites is 1. The molecule has 0 atom stereocenters. The number of ether oxygens (including phenoxy) is 3. The van der Waals surface area contributed by atoms with Crippen molar-refractivity contribution in [3.05, 3.63) is 56.9 Å². The van der Waals surface area contributed by atoms with E-state index in [-0.39, 0.29) is 36.8 Å². The van der Waals surface area contributed by atoms with E-state index in [1.807, 2.05) is 0 Å². The Morgan fingerprint density at radius 2 is 1.94 bits per heavy atom. The van der Waals surface area contributed by atoms with E-state index >= 15 is 0 Å². The molecule has 2 aromatic carbocycles. The van der Waals surface area contributed by atoms with Crippen LogP contribution in [-0.2, 0) is 16.1 Å². The lowest BCUT2D eigenvalue weighted by Gasteiger charge is -2.18. The molecule has 166 valence electrons. The molecular weight excluding hydrogens is 438 g/mol. The zero-order valence-electron chi connectivity index (χ0n) is 17.1. The van der Waals surface area contributed by atoms with Crippen molar-refractivity contribution in [1.29, 1.82) is 0 Å². The van der Waals surface area contributed by atoms with E-state index in [0.717, 1.165) is 4.70 Å². The third-order valence-electron chi connectivity index (χ3n) is 4.72. The van der Waals surface area contributed by atoms with Crippen molar-refractivity contribution in [3.8, 4) is 11.5 Å². The topological polar surface area (TPSA) is 122 Å². The number of carbonyl (C=O) groups excluding carboxylic acids is 2. The molecule has 1 aliphatic heterocycles. The van der Waals surface area contributed by atoms with Crippen LogP contribution in [0.1, 0.15) is 23.7 Å². The van der Waals surface area contributed by atoms with Gasteiger partial charge in [-0.25, -0.2) is 0 Å². The zero-order chi connectivity index (χ0) is 22.7. The van der Waals surface area contributed by atoms with Gasteiger partial charge in [0.05, 0.1) is 28.2 Å². The van der Waals surface area contributed by atoms with Crippen LogP contribution in [0.25, 0.3) is 10.2 Å². The third-order valence-corrected chi connectivity index (χ3v) is 5.76. The Labute approximate surface area is 185 Å². The molecule has 1 amide bonds. The summed E-state index contributed by atoms with van der Waals surface area (Å²) in [6, 6.07) is 9.21. The summed E-state index contributed by atoms with van der Waals surface area (Å²) in [6.07, 6.45) is 0.0704. The van der Waals surface area contributed by atoms with Crippen LogP contribution in [0.4, 0.5) is 5.69 Å². The van der Waals surface area contributed by atoms with Crippen molar-refractivity contribution < 1.29 is 28.7 Å². The van der Waals surface area contributed by atoms with E-state index in [0.29, 0.717) is 35.0 Å². The predicted molar refractivity (Wildman–Crippen MR) is 115 cm³/mol. The van der Waals surface area contributed by atoms with Crippen LogP contribution in [0.2, 0.25) is 0 Å². The minimum Gasteiger partial charge on any atom is -0.486 e. The number of nitro groups is 1. The molecule has 2 heterocycles. The van der Waals surface area contributed by atoms with Gasteiger partial charge < -0.3 is 18.8 Å². The van der Waals surface area contributed by atoms with Gasteiger partial charge in [0.1, 0.15) is 18.8 Å². The number of nitro benzene ring substituents is 1. The molecule has 0 aliphatic carbocycles. The van der Waals surface area contributed by atoms with Crippen LogP contribution in [0.3, 0.4) is 0 Å².